The van der Waals surface area contributed by atoms with Crippen LogP contribution in [0.2, 0.25) is 0 Å². The molecule has 0 fully saturated rings. The molecule has 2 rings (SSSR count). The molecular formula is C20H25N3O2. The van der Waals surface area contributed by atoms with Crippen molar-refractivity contribution >= 4 is 28.9 Å². The summed E-state index contributed by atoms with van der Waals surface area (Å²) in [5.41, 5.74) is 4.85. The Morgan fingerprint density at radius 1 is 0.960 bits per heavy atom. The first-order valence-electron chi connectivity index (χ1n) is 8.38. The third-order valence-corrected chi connectivity index (χ3v) is 3.90. The molecule has 132 valence electrons. The zero-order chi connectivity index (χ0) is 18.4. The highest BCUT2D eigenvalue weighted by Gasteiger charge is 2.12. The van der Waals surface area contributed by atoms with E-state index in [2.05, 4.69) is 47.6 Å². The molecule has 0 heterocycles. The van der Waals surface area contributed by atoms with Gasteiger partial charge in [-0.05, 0) is 56.7 Å². The van der Waals surface area contributed by atoms with E-state index >= 15 is 0 Å². The molecule has 0 atom stereocenters. The fourth-order valence-electron chi connectivity index (χ4n) is 2.74. The molecule has 0 spiro atoms. The van der Waals surface area contributed by atoms with Crippen LogP contribution >= 0.6 is 0 Å². The number of hydrogen-bond donors (Lipinski definition) is 2. The zero-order valence-electron chi connectivity index (χ0n) is 15.2. The highest BCUT2D eigenvalue weighted by molar-refractivity contribution is 5.95. The minimum atomic E-state index is -0.121. The molecule has 5 nitrogen and oxygen atoms in total. The van der Waals surface area contributed by atoms with Crippen LogP contribution in [0.5, 0.6) is 0 Å². The third-order valence-electron chi connectivity index (χ3n) is 3.90. The molecule has 0 bridgehead atoms. The zero-order valence-corrected chi connectivity index (χ0v) is 15.2. The Hall–Kier alpha value is -2.82. The molecule has 0 unspecified atom stereocenters. The van der Waals surface area contributed by atoms with Crippen LogP contribution < -0.4 is 15.5 Å². The van der Waals surface area contributed by atoms with Crippen molar-refractivity contribution in [2.75, 3.05) is 28.6 Å². The van der Waals surface area contributed by atoms with Crippen LogP contribution in [-0.2, 0) is 9.59 Å². The normalized spacial score (nSPS) is 10.2. The van der Waals surface area contributed by atoms with Gasteiger partial charge in [0.2, 0.25) is 11.8 Å². The van der Waals surface area contributed by atoms with Gasteiger partial charge in [0.15, 0.2) is 0 Å². The average molecular weight is 339 g/mol. The van der Waals surface area contributed by atoms with Crippen LogP contribution in [0.3, 0.4) is 0 Å². The highest BCUT2D eigenvalue weighted by atomic mass is 16.2. The molecule has 0 radical (unpaired) electrons. The quantitative estimate of drug-likeness (QED) is 0.843. The van der Waals surface area contributed by atoms with E-state index in [-0.39, 0.29) is 18.4 Å². The van der Waals surface area contributed by atoms with Gasteiger partial charge < -0.3 is 15.5 Å². The molecule has 2 N–H and O–H groups in total. The fraction of sp³-hybridized carbons (Fsp3) is 0.300. The van der Waals surface area contributed by atoms with Gasteiger partial charge in [-0.2, -0.15) is 0 Å². The van der Waals surface area contributed by atoms with Crippen molar-refractivity contribution in [1.82, 2.24) is 0 Å². The standard InChI is InChI=1S/C20H25N3O2/c1-5-23(19-11-6-14(2)12-15(19)3)13-20(25)22-18-9-7-17(8-10-18)21-16(4)24/h6-12H,5,13H2,1-4H3,(H,21,24)(H,22,25). The van der Waals surface area contributed by atoms with Gasteiger partial charge in [0.05, 0.1) is 6.54 Å². The fourth-order valence-corrected chi connectivity index (χ4v) is 2.74. The number of benzene rings is 2. The van der Waals surface area contributed by atoms with Gasteiger partial charge in [-0.3, -0.25) is 9.59 Å². The third kappa shape index (κ3) is 5.35. The van der Waals surface area contributed by atoms with Crippen LogP contribution in [0.1, 0.15) is 25.0 Å². The summed E-state index contributed by atoms with van der Waals surface area (Å²) < 4.78 is 0. The predicted octanol–water partition coefficient (Wildman–Crippen LogP) is 3.73. The Bertz CT molecular complexity index is 754. The second kappa shape index (κ2) is 8.33. The topological polar surface area (TPSA) is 61.4 Å². The Labute approximate surface area is 149 Å². The van der Waals surface area contributed by atoms with Crippen LogP contribution in [0.15, 0.2) is 42.5 Å². The van der Waals surface area contributed by atoms with Crippen molar-refractivity contribution in [2.45, 2.75) is 27.7 Å². The minimum Gasteiger partial charge on any atom is -0.362 e. The van der Waals surface area contributed by atoms with E-state index in [1.165, 1.54) is 12.5 Å². The number of rotatable bonds is 6. The van der Waals surface area contributed by atoms with Gasteiger partial charge in [0.1, 0.15) is 0 Å². The van der Waals surface area contributed by atoms with Crippen molar-refractivity contribution < 1.29 is 9.59 Å². The van der Waals surface area contributed by atoms with Crippen LogP contribution in [0, 0.1) is 13.8 Å². The molecule has 0 saturated heterocycles. The lowest BCUT2D eigenvalue weighted by Gasteiger charge is -2.24. The van der Waals surface area contributed by atoms with Crippen molar-refractivity contribution in [3.05, 3.63) is 53.6 Å². The molecule has 0 aromatic heterocycles. The van der Waals surface area contributed by atoms with E-state index in [1.54, 1.807) is 24.3 Å². The van der Waals surface area contributed by atoms with Crippen molar-refractivity contribution in [1.29, 1.82) is 0 Å². The maximum atomic E-state index is 12.4. The second-order valence-electron chi connectivity index (χ2n) is 6.11. The number of aryl methyl sites for hydroxylation is 2. The lowest BCUT2D eigenvalue weighted by atomic mass is 10.1. The molecule has 2 amide bonds. The summed E-state index contributed by atoms with van der Waals surface area (Å²) in [5, 5.41) is 5.59. The molecule has 2 aromatic rings. The largest absolute Gasteiger partial charge is 0.362 e. The monoisotopic (exact) mass is 339 g/mol. The summed E-state index contributed by atoms with van der Waals surface area (Å²) in [6.45, 7) is 8.65. The van der Waals surface area contributed by atoms with E-state index in [0.29, 0.717) is 11.4 Å². The molecule has 25 heavy (non-hydrogen) atoms. The molecule has 0 aliphatic rings. The smallest absolute Gasteiger partial charge is 0.243 e. The molecule has 0 aliphatic carbocycles. The molecular weight excluding hydrogens is 314 g/mol. The van der Waals surface area contributed by atoms with E-state index < -0.39 is 0 Å². The van der Waals surface area contributed by atoms with Gasteiger partial charge >= 0.3 is 0 Å². The SMILES string of the molecule is CCN(CC(=O)Nc1ccc(NC(C)=O)cc1)c1ccc(C)cc1C. The number of carbonyl (C=O) groups excluding carboxylic acids is 2. The summed E-state index contributed by atoms with van der Waals surface area (Å²) in [6, 6.07) is 13.3. The Morgan fingerprint density at radius 2 is 1.56 bits per heavy atom. The minimum absolute atomic E-state index is 0.0749. The first kappa shape index (κ1) is 18.5. The Morgan fingerprint density at radius 3 is 2.08 bits per heavy atom. The van der Waals surface area contributed by atoms with Crippen LogP contribution in [-0.4, -0.2) is 24.9 Å². The summed E-state index contributed by atoms with van der Waals surface area (Å²) in [4.78, 5) is 25.5. The van der Waals surface area contributed by atoms with Crippen molar-refractivity contribution in [3.63, 3.8) is 0 Å². The lowest BCUT2D eigenvalue weighted by molar-refractivity contribution is -0.115. The first-order valence-corrected chi connectivity index (χ1v) is 8.38. The summed E-state index contributed by atoms with van der Waals surface area (Å²) in [6.07, 6.45) is 0. The van der Waals surface area contributed by atoms with Gasteiger partial charge in [0, 0.05) is 30.5 Å². The molecule has 0 saturated carbocycles. The van der Waals surface area contributed by atoms with Crippen molar-refractivity contribution in [3.8, 4) is 0 Å². The lowest BCUT2D eigenvalue weighted by Crippen LogP contribution is -2.33. The van der Waals surface area contributed by atoms with Gasteiger partial charge in [-0.15, -0.1) is 0 Å². The number of nitrogens with one attached hydrogen (secondary N) is 2. The molecule has 5 heteroatoms. The summed E-state index contributed by atoms with van der Waals surface area (Å²) in [5.74, 6) is -0.196. The van der Waals surface area contributed by atoms with Gasteiger partial charge in [0.25, 0.3) is 0 Å². The number of amides is 2. The average Bonchev–Trinajstić information content (AvgIpc) is 2.54. The summed E-state index contributed by atoms with van der Waals surface area (Å²) >= 11 is 0. The van der Waals surface area contributed by atoms with Crippen molar-refractivity contribution in [2.24, 2.45) is 0 Å². The molecule has 2 aromatic carbocycles. The summed E-state index contributed by atoms with van der Waals surface area (Å²) in [7, 11) is 0. The van der Waals surface area contributed by atoms with Gasteiger partial charge in [-0.1, -0.05) is 17.7 Å². The van der Waals surface area contributed by atoms with E-state index in [0.717, 1.165) is 17.8 Å². The maximum Gasteiger partial charge on any atom is 0.243 e. The van der Waals surface area contributed by atoms with Crippen LogP contribution in [0.25, 0.3) is 0 Å². The molecule has 0 aliphatic heterocycles. The van der Waals surface area contributed by atoms with Crippen LogP contribution in [0.4, 0.5) is 17.1 Å². The second-order valence-corrected chi connectivity index (χ2v) is 6.11. The van der Waals surface area contributed by atoms with E-state index in [1.807, 2.05) is 6.92 Å². The van der Waals surface area contributed by atoms with Gasteiger partial charge in [-0.25, -0.2) is 0 Å². The number of nitrogens with zero attached hydrogens (tertiary/aromatic N) is 1. The van der Waals surface area contributed by atoms with E-state index in [4.69, 9.17) is 0 Å². The maximum absolute atomic E-state index is 12.4. The number of hydrogen-bond acceptors (Lipinski definition) is 3. The van der Waals surface area contributed by atoms with E-state index in [9.17, 15) is 9.59 Å². The Kier molecular flexibility index (Phi) is 6.17. The highest BCUT2D eigenvalue weighted by Crippen LogP contribution is 2.21. The number of likely N-dealkylation sites (N-methyl/N-ethyl adjacent to an activating group) is 1. The number of carbonyl (C=O) groups is 2. The Balaban J connectivity index is 2.01. The number of anilines is 3. The first-order chi connectivity index (χ1) is 11.9. The predicted molar refractivity (Wildman–Crippen MR) is 103 cm³/mol.